The summed E-state index contributed by atoms with van der Waals surface area (Å²) < 4.78 is 0. The zero-order valence-electron chi connectivity index (χ0n) is 9.40. The predicted molar refractivity (Wildman–Crippen MR) is 61.7 cm³/mol. The molecule has 1 aliphatic rings. The fraction of sp³-hybridized carbons (Fsp3) is 0.250. The number of amides is 2. The second kappa shape index (κ2) is 4.01. The Balaban J connectivity index is 2.42. The van der Waals surface area contributed by atoms with Gasteiger partial charge in [-0.15, -0.1) is 0 Å². The molecule has 0 radical (unpaired) electrons. The van der Waals surface area contributed by atoms with E-state index in [1.54, 1.807) is 24.1 Å². The van der Waals surface area contributed by atoms with Crippen molar-refractivity contribution in [1.29, 1.82) is 0 Å². The minimum atomic E-state index is -0.967. The summed E-state index contributed by atoms with van der Waals surface area (Å²) in [6, 6.07) is 4.81. The Kier molecular flexibility index (Phi) is 2.67. The Bertz CT molecular complexity index is 522. The molecule has 1 heterocycles. The largest absolute Gasteiger partial charge is 0.363 e. The standard InChI is InChI=1S/C12H12N2O3/c1-14-9-4-2-8(11(16)12(13)17)6-7(9)3-5-10(14)15/h2,4,6H,3,5H2,1H3,(H2,13,17). The molecule has 0 saturated carbocycles. The number of ketones is 1. The SMILES string of the molecule is CN1C(=O)CCc2cc(C(=O)C(N)=O)ccc21. The summed E-state index contributed by atoms with van der Waals surface area (Å²) in [7, 11) is 1.69. The fourth-order valence-electron chi connectivity index (χ4n) is 1.94. The van der Waals surface area contributed by atoms with Gasteiger partial charge < -0.3 is 10.6 Å². The third-order valence-electron chi connectivity index (χ3n) is 2.91. The molecule has 0 unspecified atom stereocenters. The van der Waals surface area contributed by atoms with Crippen molar-refractivity contribution < 1.29 is 14.4 Å². The molecule has 0 fully saturated rings. The molecule has 0 aliphatic carbocycles. The zero-order chi connectivity index (χ0) is 12.6. The van der Waals surface area contributed by atoms with Crippen molar-refractivity contribution in [2.75, 3.05) is 11.9 Å². The normalized spacial score (nSPS) is 14.4. The van der Waals surface area contributed by atoms with Crippen molar-refractivity contribution in [3.8, 4) is 0 Å². The summed E-state index contributed by atoms with van der Waals surface area (Å²) >= 11 is 0. The Morgan fingerprint density at radius 3 is 2.65 bits per heavy atom. The maximum Gasteiger partial charge on any atom is 0.289 e. The van der Waals surface area contributed by atoms with Gasteiger partial charge in [-0.1, -0.05) is 0 Å². The second-order valence-electron chi connectivity index (χ2n) is 3.99. The Hall–Kier alpha value is -2.17. The molecule has 17 heavy (non-hydrogen) atoms. The third-order valence-corrected chi connectivity index (χ3v) is 2.91. The summed E-state index contributed by atoms with van der Waals surface area (Å²) in [6.07, 6.45) is 0.996. The molecule has 2 rings (SSSR count). The molecule has 0 spiro atoms. The van der Waals surface area contributed by atoms with Crippen LogP contribution in [0.4, 0.5) is 5.69 Å². The van der Waals surface area contributed by atoms with Crippen LogP contribution in [-0.4, -0.2) is 24.6 Å². The number of nitrogens with zero attached hydrogens (tertiary/aromatic N) is 1. The number of hydrogen-bond donors (Lipinski definition) is 1. The van der Waals surface area contributed by atoms with Crippen molar-refractivity contribution in [2.45, 2.75) is 12.8 Å². The van der Waals surface area contributed by atoms with E-state index in [1.807, 2.05) is 0 Å². The molecule has 1 aromatic rings. The van der Waals surface area contributed by atoms with E-state index in [9.17, 15) is 14.4 Å². The molecule has 0 atom stereocenters. The topological polar surface area (TPSA) is 80.5 Å². The quantitative estimate of drug-likeness (QED) is 0.586. The molecule has 1 aliphatic heterocycles. The first-order valence-electron chi connectivity index (χ1n) is 5.24. The number of anilines is 1. The van der Waals surface area contributed by atoms with Crippen LogP contribution in [-0.2, 0) is 16.0 Å². The van der Waals surface area contributed by atoms with Crippen molar-refractivity contribution in [3.05, 3.63) is 29.3 Å². The van der Waals surface area contributed by atoms with Gasteiger partial charge in [-0.05, 0) is 30.2 Å². The summed E-state index contributed by atoms with van der Waals surface area (Å²) in [5, 5.41) is 0. The van der Waals surface area contributed by atoms with Gasteiger partial charge in [0.15, 0.2) is 0 Å². The number of carbonyl (C=O) groups excluding carboxylic acids is 3. The molecule has 5 heteroatoms. The molecule has 1 aromatic carbocycles. The van der Waals surface area contributed by atoms with E-state index in [1.165, 1.54) is 6.07 Å². The van der Waals surface area contributed by atoms with E-state index in [0.29, 0.717) is 12.8 Å². The lowest BCUT2D eigenvalue weighted by Gasteiger charge is -2.25. The number of benzene rings is 1. The lowest BCUT2D eigenvalue weighted by Crippen LogP contribution is -2.31. The molecule has 0 saturated heterocycles. The summed E-state index contributed by atoms with van der Waals surface area (Å²) in [5.41, 5.74) is 6.89. The number of nitrogens with two attached hydrogens (primary N) is 1. The highest BCUT2D eigenvalue weighted by molar-refractivity contribution is 6.42. The van der Waals surface area contributed by atoms with Crippen LogP contribution >= 0.6 is 0 Å². The lowest BCUT2D eigenvalue weighted by molar-refractivity contribution is -0.118. The number of aryl methyl sites for hydroxylation is 1. The van der Waals surface area contributed by atoms with Gasteiger partial charge in [-0.3, -0.25) is 14.4 Å². The minimum absolute atomic E-state index is 0.0477. The van der Waals surface area contributed by atoms with Crippen LogP contribution < -0.4 is 10.6 Å². The molecule has 0 bridgehead atoms. The number of hydrogen-bond acceptors (Lipinski definition) is 3. The third kappa shape index (κ3) is 1.91. The molecule has 2 amide bonds. The van der Waals surface area contributed by atoms with Crippen LogP contribution in [0.15, 0.2) is 18.2 Å². The van der Waals surface area contributed by atoms with Gasteiger partial charge in [-0.2, -0.15) is 0 Å². The van der Waals surface area contributed by atoms with Gasteiger partial charge in [0.05, 0.1) is 0 Å². The van der Waals surface area contributed by atoms with Gasteiger partial charge in [0, 0.05) is 24.7 Å². The van der Waals surface area contributed by atoms with Crippen LogP contribution in [0.25, 0.3) is 0 Å². The van der Waals surface area contributed by atoms with Crippen LogP contribution in [0.5, 0.6) is 0 Å². The minimum Gasteiger partial charge on any atom is -0.363 e. The van der Waals surface area contributed by atoms with E-state index < -0.39 is 11.7 Å². The number of Topliss-reactive ketones (excluding diaryl/α,β-unsaturated/α-hetero) is 1. The molecule has 0 aromatic heterocycles. The molecule has 88 valence electrons. The maximum absolute atomic E-state index is 11.5. The zero-order valence-corrected chi connectivity index (χ0v) is 9.40. The monoisotopic (exact) mass is 232 g/mol. The van der Waals surface area contributed by atoms with Gasteiger partial charge in [0.2, 0.25) is 11.7 Å². The highest BCUT2D eigenvalue weighted by atomic mass is 16.2. The first kappa shape index (κ1) is 11.3. The molecule has 5 nitrogen and oxygen atoms in total. The molecular formula is C12H12N2O3. The summed E-state index contributed by atoms with van der Waals surface area (Å²) in [5.74, 6) is -1.62. The Morgan fingerprint density at radius 2 is 2.00 bits per heavy atom. The molecular weight excluding hydrogens is 220 g/mol. The van der Waals surface area contributed by atoms with Crippen LogP contribution in [0.3, 0.4) is 0 Å². The lowest BCUT2D eigenvalue weighted by atomic mass is 9.97. The van der Waals surface area contributed by atoms with E-state index in [0.717, 1.165) is 11.3 Å². The Labute approximate surface area is 98.2 Å². The number of carbonyl (C=O) groups is 3. The van der Waals surface area contributed by atoms with Crippen molar-refractivity contribution >= 4 is 23.3 Å². The van der Waals surface area contributed by atoms with Gasteiger partial charge in [0.25, 0.3) is 5.91 Å². The van der Waals surface area contributed by atoms with Crippen molar-refractivity contribution in [2.24, 2.45) is 5.73 Å². The number of fused-ring (bicyclic) bond motifs is 1. The number of rotatable bonds is 2. The smallest absolute Gasteiger partial charge is 0.289 e. The summed E-state index contributed by atoms with van der Waals surface area (Å²) in [4.78, 5) is 35.2. The Morgan fingerprint density at radius 1 is 1.29 bits per heavy atom. The van der Waals surface area contributed by atoms with E-state index >= 15 is 0 Å². The van der Waals surface area contributed by atoms with Crippen LogP contribution in [0.1, 0.15) is 22.3 Å². The maximum atomic E-state index is 11.5. The average Bonchev–Trinajstić information content (AvgIpc) is 2.32. The van der Waals surface area contributed by atoms with Crippen LogP contribution in [0.2, 0.25) is 0 Å². The summed E-state index contributed by atoms with van der Waals surface area (Å²) in [6.45, 7) is 0. The van der Waals surface area contributed by atoms with E-state index in [4.69, 9.17) is 5.73 Å². The number of primary amides is 1. The van der Waals surface area contributed by atoms with Gasteiger partial charge in [0.1, 0.15) is 0 Å². The molecule has 2 N–H and O–H groups in total. The van der Waals surface area contributed by atoms with E-state index in [-0.39, 0.29) is 11.5 Å². The van der Waals surface area contributed by atoms with E-state index in [2.05, 4.69) is 0 Å². The van der Waals surface area contributed by atoms with Crippen molar-refractivity contribution in [3.63, 3.8) is 0 Å². The first-order valence-corrected chi connectivity index (χ1v) is 5.24. The second-order valence-corrected chi connectivity index (χ2v) is 3.99. The fourth-order valence-corrected chi connectivity index (χ4v) is 1.94. The highest BCUT2D eigenvalue weighted by Gasteiger charge is 2.22. The van der Waals surface area contributed by atoms with Gasteiger partial charge in [-0.25, -0.2) is 0 Å². The highest BCUT2D eigenvalue weighted by Crippen LogP contribution is 2.27. The average molecular weight is 232 g/mol. The predicted octanol–water partition coefficient (Wildman–Crippen LogP) is 0.264. The van der Waals surface area contributed by atoms with Gasteiger partial charge >= 0.3 is 0 Å². The van der Waals surface area contributed by atoms with Crippen molar-refractivity contribution in [1.82, 2.24) is 0 Å². The first-order chi connectivity index (χ1) is 8.00. The van der Waals surface area contributed by atoms with Crippen LogP contribution in [0, 0.1) is 0 Å².